The number of aryl methyl sites for hydroxylation is 2. The average Bonchev–Trinajstić information content (AvgIpc) is 2.69. The number of halogens is 1. The number of aromatic nitrogens is 1. The molecule has 19 heavy (non-hydrogen) atoms. The highest BCUT2D eigenvalue weighted by Crippen LogP contribution is 2.28. The highest BCUT2D eigenvalue weighted by molar-refractivity contribution is 7.11. The van der Waals surface area contributed by atoms with Gasteiger partial charge in [0.05, 0.1) is 28.0 Å². The third-order valence-corrected chi connectivity index (χ3v) is 3.96. The number of nitrogens with one attached hydrogen (secondary N) is 1. The minimum atomic E-state index is 0.0375. The van der Waals surface area contributed by atoms with Gasteiger partial charge in [-0.1, -0.05) is 11.6 Å². The first kappa shape index (κ1) is 13.9. The summed E-state index contributed by atoms with van der Waals surface area (Å²) in [6.45, 7) is 6.08. The fourth-order valence-corrected chi connectivity index (χ4v) is 3.07. The van der Waals surface area contributed by atoms with E-state index < -0.39 is 0 Å². The lowest BCUT2D eigenvalue weighted by Gasteiger charge is -2.15. The molecule has 3 nitrogen and oxygen atoms in total. The van der Waals surface area contributed by atoms with Crippen molar-refractivity contribution in [1.82, 2.24) is 4.98 Å². The molecule has 1 aromatic heterocycles. The lowest BCUT2D eigenvalue weighted by molar-refractivity contribution is 0.836. The van der Waals surface area contributed by atoms with E-state index in [1.54, 1.807) is 29.5 Å². The molecular formula is C14H14ClN3S. The Bertz CT molecular complexity index is 643. The summed E-state index contributed by atoms with van der Waals surface area (Å²) in [7, 11) is 0. The predicted molar refractivity (Wildman–Crippen MR) is 79.8 cm³/mol. The molecule has 5 heteroatoms. The van der Waals surface area contributed by atoms with Crippen LogP contribution in [-0.2, 0) is 0 Å². The van der Waals surface area contributed by atoms with Crippen LogP contribution < -0.4 is 5.32 Å². The Labute approximate surface area is 121 Å². The zero-order valence-corrected chi connectivity index (χ0v) is 12.6. The van der Waals surface area contributed by atoms with Gasteiger partial charge in [0.2, 0.25) is 0 Å². The number of rotatable bonds is 3. The molecule has 1 heterocycles. The fourth-order valence-electron chi connectivity index (χ4n) is 1.98. The van der Waals surface area contributed by atoms with Crippen molar-refractivity contribution in [3.05, 3.63) is 44.4 Å². The molecule has 0 fully saturated rings. The van der Waals surface area contributed by atoms with Gasteiger partial charge < -0.3 is 5.32 Å². The highest BCUT2D eigenvalue weighted by Gasteiger charge is 2.14. The minimum Gasteiger partial charge on any atom is -0.376 e. The monoisotopic (exact) mass is 291 g/mol. The fraction of sp³-hybridized carbons (Fsp3) is 0.286. The Hall–Kier alpha value is -1.57. The van der Waals surface area contributed by atoms with E-state index in [1.807, 2.05) is 13.8 Å². The first-order valence-electron chi connectivity index (χ1n) is 5.91. The number of hydrogen-bond acceptors (Lipinski definition) is 4. The lowest BCUT2D eigenvalue weighted by Crippen LogP contribution is -2.09. The van der Waals surface area contributed by atoms with Gasteiger partial charge in [0.25, 0.3) is 0 Å². The van der Waals surface area contributed by atoms with Crippen molar-refractivity contribution in [2.24, 2.45) is 0 Å². The van der Waals surface area contributed by atoms with Crippen molar-refractivity contribution in [3.8, 4) is 6.07 Å². The molecule has 0 aliphatic heterocycles. The Morgan fingerprint density at radius 2 is 2.16 bits per heavy atom. The second-order valence-electron chi connectivity index (χ2n) is 4.34. The van der Waals surface area contributed by atoms with E-state index in [0.29, 0.717) is 10.6 Å². The number of nitriles is 1. The average molecular weight is 292 g/mol. The molecule has 1 N–H and O–H groups in total. The van der Waals surface area contributed by atoms with E-state index >= 15 is 0 Å². The zero-order valence-electron chi connectivity index (χ0n) is 11.0. The van der Waals surface area contributed by atoms with Gasteiger partial charge in [0, 0.05) is 9.90 Å². The van der Waals surface area contributed by atoms with E-state index in [1.165, 1.54) is 4.88 Å². The van der Waals surface area contributed by atoms with Gasteiger partial charge in [-0.15, -0.1) is 11.3 Å². The molecule has 1 atom stereocenters. The lowest BCUT2D eigenvalue weighted by atomic mass is 10.1. The zero-order chi connectivity index (χ0) is 14.0. The number of thiazole rings is 1. The summed E-state index contributed by atoms with van der Waals surface area (Å²) in [5.41, 5.74) is 2.35. The van der Waals surface area contributed by atoms with Gasteiger partial charge in [-0.2, -0.15) is 5.26 Å². The maximum atomic E-state index is 9.10. The van der Waals surface area contributed by atoms with Gasteiger partial charge in [-0.3, -0.25) is 0 Å². The molecule has 0 aliphatic rings. The maximum absolute atomic E-state index is 9.10. The standard InChI is InChI=1S/C14H14ClN3S/c1-8(14-9(2)19-10(3)18-14)17-13-6-12(15)5-4-11(13)7-16/h4-6,8,17H,1-3H3. The SMILES string of the molecule is Cc1nc(C(C)Nc2cc(Cl)ccc2C#N)c(C)s1. The van der Waals surface area contributed by atoms with E-state index in [9.17, 15) is 0 Å². The predicted octanol–water partition coefficient (Wildman–Crippen LogP) is 4.46. The van der Waals surface area contributed by atoms with E-state index in [-0.39, 0.29) is 6.04 Å². The van der Waals surface area contributed by atoms with Crippen LogP contribution >= 0.6 is 22.9 Å². The molecular weight excluding hydrogens is 278 g/mol. The van der Waals surface area contributed by atoms with Crippen molar-refractivity contribution < 1.29 is 0 Å². The van der Waals surface area contributed by atoms with Crippen LogP contribution in [0.3, 0.4) is 0 Å². The summed E-state index contributed by atoms with van der Waals surface area (Å²) in [5.74, 6) is 0. The summed E-state index contributed by atoms with van der Waals surface area (Å²) < 4.78 is 0. The summed E-state index contributed by atoms with van der Waals surface area (Å²) in [6.07, 6.45) is 0. The third-order valence-electron chi connectivity index (χ3n) is 2.82. The Morgan fingerprint density at radius 1 is 1.42 bits per heavy atom. The normalized spacial score (nSPS) is 11.9. The molecule has 0 saturated heterocycles. The first-order chi connectivity index (χ1) is 9.01. The van der Waals surface area contributed by atoms with Crippen LogP contribution in [0.1, 0.15) is 34.1 Å². The quantitative estimate of drug-likeness (QED) is 0.908. The molecule has 0 bridgehead atoms. The number of benzene rings is 1. The molecule has 1 aromatic carbocycles. The van der Waals surface area contributed by atoms with Gasteiger partial charge in [0.1, 0.15) is 6.07 Å². The first-order valence-corrected chi connectivity index (χ1v) is 7.11. The van der Waals surface area contributed by atoms with Crippen LogP contribution in [0, 0.1) is 25.2 Å². The van der Waals surface area contributed by atoms with Gasteiger partial charge in [0.15, 0.2) is 0 Å². The van der Waals surface area contributed by atoms with E-state index in [0.717, 1.165) is 16.4 Å². The van der Waals surface area contributed by atoms with Crippen LogP contribution in [0.25, 0.3) is 0 Å². The van der Waals surface area contributed by atoms with Crippen molar-refractivity contribution >= 4 is 28.6 Å². The van der Waals surface area contributed by atoms with Crippen LogP contribution in [0.4, 0.5) is 5.69 Å². The Balaban J connectivity index is 2.29. The summed E-state index contributed by atoms with van der Waals surface area (Å²) in [5, 5.41) is 14.1. The smallest absolute Gasteiger partial charge is 0.101 e. The van der Waals surface area contributed by atoms with E-state index in [2.05, 4.69) is 23.3 Å². The summed E-state index contributed by atoms with van der Waals surface area (Å²) in [6, 6.07) is 7.40. The second kappa shape index (κ2) is 5.60. The topological polar surface area (TPSA) is 48.7 Å². The van der Waals surface area contributed by atoms with Crippen molar-refractivity contribution in [1.29, 1.82) is 5.26 Å². The van der Waals surface area contributed by atoms with Gasteiger partial charge in [-0.25, -0.2) is 4.98 Å². The Kier molecular flexibility index (Phi) is 4.08. The van der Waals surface area contributed by atoms with Gasteiger partial charge in [-0.05, 0) is 39.0 Å². The van der Waals surface area contributed by atoms with Crippen molar-refractivity contribution in [2.75, 3.05) is 5.32 Å². The molecule has 98 valence electrons. The minimum absolute atomic E-state index is 0.0375. The molecule has 0 aliphatic carbocycles. The largest absolute Gasteiger partial charge is 0.376 e. The molecule has 2 rings (SSSR count). The van der Waals surface area contributed by atoms with Crippen molar-refractivity contribution in [3.63, 3.8) is 0 Å². The maximum Gasteiger partial charge on any atom is 0.101 e. The van der Waals surface area contributed by atoms with Crippen LogP contribution in [0.5, 0.6) is 0 Å². The summed E-state index contributed by atoms with van der Waals surface area (Å²) >= 11 is 7.65. The number of anilines is 1. The number of nitrogens with zero attached hydrogens (tertiary/aromatic N) is 2. The molecule has 0 radical (unpaired) electrons. The second-order valence-corrected chi connectivity index (χ2v) is 6.19. The molecule has 0 saturated carbocycles. The highest BCUT2D eigenvalue weighted by atomic mass is 35.5. The number of hydrogen-bond donors (Lipinski definition) is 1. The third kappa shape index (κ3) is 3.06. The Morgan fingerprint density at radius 3 is 2.74 bits per heavy atom. The van der Waals surface area contributed by atoms with Crippen LogP contribution in [0.15, 0.2) is 18.2 Å². The van der Waals surface area contributed by atoms with Crippen LogP contribution in [-0.4, -0.2) is 4.98 Å². The van der Waals surface area contributed by atoms with Crippen LogP contribution in [0.2, 0.25) is 5.02 Å². The molecule has 0 spiro atoms. The molecule has 1 unspecified atom stereocenters. The van der Waals surface area contributed by atoms with Crippen molar-refractivity contribution in [2.45, 2.75) is 26.8 Å². The molecule has 2 aromatic rings. The molecule has 0 amide bonds. The summed E-state index contributed by atoms with van der Waals surface area (Å²) in [4.78, 5) is 5.72. The van der Waals surface area contributed by atoms with Gasteiger partial charge >= 0.3 is 0 Å². The van der Waals surface area contributed by atoms with E-state index in [4.69, 9.17) is 16.9 Å².